The van der Waals surface area contributed by atoms with Gasteiger partial charge in [-0.15, -0.1) is 0 Å². The van der Waals surface area contributed by atoms with Crippen molar-refractivity contribution < 1.29 is 14.7 Å². The summed E-state index contributed by atoms with van der Waals surface area (Å²) in [5.41, 5.74) is 0.341. The Labute approximate surface area is 124 Å². The molecule has 0 atom stereocenters. The largest absolute Gasteiger partial charge is 0.478 e. The molecule has 102 valence electrons. The standard InChI is InChI=1S/C13H8Cl2N2O3/c14-8-2-1-3-9(15)11(8)17-12(18)10-5-4-7(6-16-10)13(19)20/h1-6H,(H,17,18)(H,19,20). The number of hydrogen-bond donors (Lipinski definition) is 2. The first-order valence-electron chi connectivity index (χ1n) is 5.44. The van der Waals surface area contributed by atoms with Gasteiger partial charge in [0.1, 0.15) is 5.69 Å². The Morgan fingerprint density at radius 3 is 2.25 bits per heavy atom. The third kappa shape index (κ3) is 3.07. The minimum Gasteiger partial charge on any atom is -0.478 e. The Bertz CT molecular complexity index is 652. The lowest BCUT2D eigenvalue weighted by Gasteiger charge is -2.08. The monoisotopic (exact) mass is 310 g/mol. The molecule has 5 nitrogen and oxygen atoms in total. The van der Waals surface area contributed by atoms with Crippen molar-refractivity contribution in [3.05, 3.63) is 57.8 Å². The molecule has 0 spiro atoms. The van der Waals surface area contributed by atoms with E-state index in [0.717, 1.165) is 6.20 Å². The fourth-order valence-electron chi connectivity index (χ4n) is 1.45. The zero-order chi connectivity index (χ0) is 14.7. The minimum absolute atomic E-state index is 0.00248. The summed E-state index contributed by atoms with van der Waals surface area (Å²) < 4.78 is 0. The van der Waals surface area contributed by atoms with E-state index in [1.54, 1.807) is 18.2 Å². The number of carbonyl (C=O) groups excluding carboxylic acids is 1. The van der Waals surface area contributed by atoms with Crippen molar-refractivity contribution in [2.75, 3.05) is 5.32 Å². The summed E-state index contributed by atoms with van der Waals surface area (Å²) in [6.07, 6.45) is 1.10. The zero-order valence-corrected chi connectivity index (χ0v) is 11.4. The first-order chi connectivity index (χ1) is 9.49. The second kappa shape index (κ2) is 5.90. The van der Waals surface area contributed by atoms with Crippen LogP contribution in [0.5, 0.6) is 0 Å². The number of nitrogens with one attached hydrogen (secondary N) is 1. The van der Waals surface area contributed by atoms with Crippen molar-refractivity contribution in [3.8, 4) is 0 Å². The molecule has 2 N–H and O–H groups in total. The first-order valence-corrected chi connectivity index (χ1v) is 6.19. The molecular formula is C13H8Cl2N2O3. The van der Waals surface area contributed by atoms with Gasteiger partial charge in [0.05, 0.1) is 21.3 Å². The number of pyridine rings is 1. The van der Waals surface area contributed by atoms with E-state index in [1.807, 2.05) is 0 Å². The number of halogens is 2. The van der Waals surface area contributed by atoms with Crippen LogP contribution in [0.15, 0.2) is 36.5 Å². The Morgan fingerprint density at radius 1 is 1.10 bits per heavy atom. The van der Waals surface area contributed by atoms with Crippen LogP contribution in [0.4, 0.5) is 5.69 Å². The highest BCUT2D eigenvalue weighted by Crippen LogP contribution is 2.30. The summed E-state index contributed by atoms with van der Waals surface area (Å²) in [6, 6.07) is 7.43. The molecule has 0 saturated carbocycles. The zero-order valence-electron chi connectivity index (χ0n) is 9.93. The number of rotatable bonds is 3. The number of amides is 1. The predicted molar refractivity (Wildman–Crippen MR) is 75.6 cm³/mol. The molecule has 0 aliphatic carbocycles. The van der Waals surface area contributed by atoms with Crippen molar-refractivity contribution in [3.63, 3.8) is 0 Å². The Kier molecular flexibility index (Phi) is 4.22. The van der Waals surface area contributed by atoms with E-state index in [1.165, 1.54) is 12.1 Å². The van der Waals surface area contributed by atoms with Gasteiger partial charge in [-0.2, -0.15) is 0 Å². The number of hydrogen-bond acceptors (Lipinski definition) is 3. The van der Waals surface area contributed by atoms with Crippen molar-refractivity contribution in [2.45, 2.75) is 0 Å². The molecule has 1 amide bonds. The molecule has 0 unspecified atom stereocenters. The number of nitrogens with zero attached hydrogens (tertiary/aromatic N) is 1. The summed E-state index contributed by atoms with van der Waals surface area (Å²) in [5.74, 6) is -1.64. The maximum absolute atomic E-state index is 12.0. The van der Waals surface area contributed by atoms with Crippen molar-refractivity contribution in [1.29, 1.82) is 0 Å². The van der Waals surface area contributed by atoms with Crippen LogP contribution in [0.3, 0.4) is 0 Å². The molecule has 0 bridgehead atoms. The van der Waals surface area contributed by atoms with Crippen molar-refractivity contribution >= 4 is 40.8 Å². The number of carbonyl (C=O) groups is 2. The van der Waals surface area contributed by atoms with Crippen LogP contribution in [-0.2, 0) is 0 Å². The van der Waals surface area contributed by atoms with Crippen LogP contribution >= 0.6 is 23.2 Å². The number of carboxylic acids is 1. The molecule has 0 fully saturated rings. The van der Waals surface area contributed by atoms with Crippen LogP contribution in [-0.4, -0.2) is 22.0 Å². The fraction of sp³-hybridized carbons (Fsp3) is 0. The summed E-state index contributed by atoms with van der Waals surface area (Å²) in [5, 5.41) is 11.9. The van der Waals surface area contributed by atoms with Crippen LogP contribution in [0.2, 0.25) is 10.0 Å². The molecule has 20 heavy (non-hydrogen) atoms. The molecule has 1 aromatic carbocycles. The average molecular weight is 311 g/mol. The average Bonchev–Trinajstić information content (AvgIpc) is 2.43. The van der Waals surface area contributed by atoms with Crippen molar-refractivity contribution in [2.24, 2.45) is 0 Å². The maximum Gasteiger partial charge on any atom is 0.337 e. The molecule has 1 heterocycles. The Balaban J connectivity index is 2.22. The lowest BCUT2D eigenvalue weighted by molar-refractivity contribution is 0.0696. The van der Waals surface area contributed by atoms with E-state index in [9.17, 15) is 9.59 Å². The van der Waals surface area contributed by atoms with Crippen molar-refractivity contribution in [1.82, 2.24) is 4.98 Å². The van der Waals surface area contributed by atoms with Crippen LogP contribution in [0.25, 0.3) is 0 Å². The lowest BCUT2D eigenvalue weighted by atomic mass is 10.2. The quantitative estimate of drug-likeness (QED) is 0.911. The molecule has 2 aromatic rings. The van der Waals surface area contributed by atoms with Gasteiger partial charge in [-0.05, 0) is 24.3 Å². The second-order valence-electron chi connectivity index (χ2n) is 3.79. The highest BCUT2D eigenvalue weighted by Gasteiger charge is 2.13. The predicted octanol–water partition coefficient (Wildman–Crippen LogP) is 3.34. The number of carboxylic acid groups (broad SMARTS) is 1. The van der Waals surface area contributed by atoms with E-state index < -0.39 is 11.9 Å². The van der Waals surface area contributed by atoms with Gasteiger partial charge in [0.2, 0.25) is 0 Å². The van der Waals surface area contributed by atoms with Crippen LogP contribution < -0.4 is 5.32 Å². The van der Waals surface area contributed by atoms with Crippen LogP contribution in [0, 0.1) is 0 Å². The molecule has 2 rings (SSSR count). The van der Waals surface area contributed by atoms with E-state index in [2.05, 4.69) is 10.3 Å². The highest BCUT2D eigenvalue weighted by molar-refractivity contribution is 6.39. The van der Waals surface area contributed by atoms with Gasteiger partial charge in [-0.3, -0.25) is 9.78 Å². The Hall–Kier alpha value is -2.11. The normalized spacial score (nSPS) is 10.1. The molecule has 1 aromatic heterocycles. The highest BCUT2D eigenvalue weighted by atomic mass is 35.5. The second-order valence-corrected chi connectivity index (χ2v) is 4.60. The summed E-state index contributed by atoms with van der Waals surface area (Å²) in [7, 11) is 0. The number of aromatic nitrogens is 1. The topological polar surface area (TPSA) is 79.3 Å². The van der Waals surface area contributed by atoms with Gasteiger partial charge >= 0.3 is 5.97 Å². The van der Waals surface area contributed by atoms with Gasteiger partial charge in [0, 0.05) is 6.20 Å². The Morgan fingerprint density at radius 2 is 1.75 bits per heavy atom. The number of aromatic carboxylic acids is 1. The SMILES string of the molecule is O=C(O)c1ccc(C(=O)Nc2c(Cl)cccc2Cl)nc1. The molecule has 0 saturated heterocycles. The summed E-state index contributed by atoms with van der Waals surface area (Å²) in [4.78, 5) is 26.4. The molecule has 0 aliphatic heterocycles. The third-order valence-electron chi connectivity index (χ3n) is 2.44. The number of benzene rings is 1. The van der Waals surface area contributed by atoms with E-state index in [4.69, 9.17) is 28.3 Å². The number of anilines is 1. The van der Waals surface area contributed by atoms with Gasteiger partial charge in [0.25, 0.3) is 5.91 Å². The fourth-order valence-corrected chi connectivity index (χ4v) is 1.94. The van der Waals surface area contributed by atoms with Gasteiger partial charge < -0.3 is 10.4 Å². The van der Waals surface area contributed by atoms with E-state index >= 15 is 0 Å². The van der Waals surface area contributed by atoms with Gasteiger partial charge in [-0.1, -0.05) is 29.3 Å². The smallest absolute Gasteiger partial charge is 0.337 e. The third-order valence-corrected chi connectivity index (χ3v) is 3.07. The van der Waals surface area contributed by atoms with E-state index in [0.29, 0.717) is 10.0 Å². The molecule has 7 heteroatoms. The van der Waals surface area contributed by atoms with Crippen LogP contribution in [0.1, 0.15) is 20.8 Å². The first kappa shape index (κ1) is 14.3. The number of para-hydroxylation sites is 1. The molecular weight excluding hydrogens is 303 g/mol. The summed E-state index contributed by atoms with van der Waals surface area (Å²) >= 11 is 11.9. The lowest BCUT2D eigenvalue weighted by Crippen LogP contribution is -2.14. The molecule has 0 aliphatic rings. The summed E-state index contributed by atoms with van der Waals surface area (Å²) in [6.45, 7) is 0. The van der Waals surface area contributed by atoms with E-state index in [-0.39, 0.29) is 16.9 Å². The maximum atomic E-state index is 12.0. The minimum atomic E-state index is -1.11. The van der Waals surface area contributed by atoms with Gasteiger partial charge in [0.15, 0.2) is 0 Å². The molecule has 0 radical (unpaired) electrons. The van der Waals surface area contributed by atoms with Gasteiger partial charge in [-0.25, -0.2) is 4.79 Å².